The lowest BCUT2D eigenvalue weighted by Gasteiger charge is -2.19. The number of anilines is 1. The van der Waals surface area contributed by atoms with Gasteiger partial charge in [-0.3, -0.25) is 4.72 Å². The molecule has 3 aromatic rings. The van der Waals surface area contributed by atoms with Crippen molar-refractivity contribution in [2.45, 2.75) is 64.7 Å². The predicted molar refractivity (Wildman–Crippen MR) is 127 cm³/mol. The molecule has 0 saturated heterocycles. The molecule has 0 spiro atoms. The maximum absolute atomic E-state index is 13.1. The molecule has 1 heterocycles. The van der Waals surface area contributed by atoms with Crippen LogP contribution in [0.25, 0.3) is 11.0 Å². The fourth-order valence-electron chi connectivity index (χ4n) is 3.57. The molecule has 0 fully saturated rings. The van der Waals surface area contributed by atoms with E-state index < -0.39 is 16.0 Å². The van der Waals surface area contributed by atoms with Crippen molar-refractivity contribution in [1.29, 1.82) is 0 Å². The molecule has 0 aliphatic heterocycles. The van der Waals surface area contributed by atoms with Gasteiger partial charge in [-0.05, 0) is 61.1 Å². The smallest absolute Gasteiger partial charge is 0.342 e. The zero-order valence-corrected chi connectivity index (χ0v) is 20.4. The summed E-state index contributed by atoms with van der Waals surface area (Å²) in [7, 11) is -3.81. The van der Waals surface area contributed by atoms with E-state index in [2.05, 4.69) is 25.5 Å². The van der Waals surface area contributed by atoms with E-state index >= 15 is 0 Å². The zero-order chi connectivity index (χ0) is 23.7. The molecule has 1 N–H and O–H groups in total. The molecule has 32 heavy (non-hydrogen) atoms. The molecular weight excluding hydrogens is 426 g/mol. The molecule has 2 aromatic carbocycles. The monoisotopic (exact) mass is 457 g/mol. The third kappa shape index (κ3) is 4.83. The highest BCUT2D eigenvalue weighted by Gasteiger charge is 2.24. The van der Waals surface area contributed by atoms with E-state index in [1.54, 1.807) is 38.1 Å². The van der Waals surface area contributed by atoms with E-state index in [-0.39, 0.29) is 16.9 Å². The summed E-state index contributed by atoms with van der Waals surface area (Å²) in [6.07, 6.45) is 1.39. The molecule has 0 radical (unpaired) electrons. The van der Waals surface area contributed by atoms with E-state index in [0.717, 1.165) is 12.0 Å². The van der Waals surface area contributed by atoms with Crippen molar-refractivity contribution in [3.8, 4) is 0 Å². The van der Waals surface area contributed by atoms with Gasteiger partial charge in [-0.2, -0.15) is 0 Å². The molecule has 0 unspecified atom stereocenters. The summed E-state index contributed by atoms with van der Waals surface area (Å²) in [6.45, 7) is 12.0. The summed E-state index contributed by atoms with van der Waals surface area (Å²) in [5.41, 5.74) is 2.96. The number of aryl methyl sites for hydroxylation is 2. The van der Waals surface area contributed by atoms with Gasteiger partial charge in [0.1, 0.15) is 16.9 Å². The molecule has 0 bridgehead atoms. The molecule has 3 rings (SSSR count). The quantitative estimate of drug-likeness (QED) is 0.442. The second-order valence-electron chi connectivity index (χ2n) is 8.91. The first-order valence-corrected chi connectivity index (χ1v) is 12.3. The molecule has 0 atom stereocenters. The van der Waals surface area contributed by atoms with Gasteiger partial charge in [0.05, 0.1) is 17.2 Å². The van der Waals surface area contributed by atoms with Crippen molar-refractivity contribution in [1.82, 2.24) is 0 Å². The van der Waals surface area contributed by atoms with Gasteiger partial charge in [-0.1, -0.05) is 39.8 Å². The minimum absolute atomic E-state index is 0.0711. The largest absolute Gasteiger partial charge is 0.462 e. The number of nitrogens with one attached hydrogen (secondary N) is 1. The molecule has 1 aromatic heterocycles. The van der Waals surface area contributed by atoms with Crippen molar-refractivity contribution < 1.29 is 22.4 Å². The van der Waals surface area contributed by atoms with Gasteiger partial charge in [0.25, 0.3) is 10.0 Å². The van der Waals surface area contributed by atoms with E-state index in [0.29, 0.717) is 40.0 Å². The van der Waals surface area contributed by atoms with Crippen LogP contribution in [0.5, 0.6) is 0 Å². The van der Waals surface area contributed by atoms with Gasteiger partial charge in [0, 0.05) is 11.8 Å². The molecule has 0 aliphatic rings. The lowest BCUT2D eigenvalue weighted by molar-refractivity contribution is 0.0526. The Morgan fingerprint density at radius 1 is 1.09 bits per heavy atom. The van der Waals surface area contributed by atoms with Crippen LogP contribution in [0.2, 0.25) is 0 Å². The maximum atomic E-state index is 13.1. The summed E-state index contributed by atoms with van der Waals surface area (Å²) in [4.78, 5) is 12.8. The van der Waals surface area contributed by atoms with Crippen LogP contribution in [-0.4, -0.2) is 21.0 Å². The van der Waals surface area contributed by atoms with Crippen LogP contribution < -0.4 is 4.72 Å². The number of ether oxygens (including phenoxy) is 1. The SMILES string of the molecule is CCCc1oc2cc(C)c(NS(=O)(=O)c3ccc(C(C)(C)C)cc3)cc2c1C(=O)OCC. The average molecular weight is 458 g/mol. The standard InChI is InChI=1S/C25H31NO5S/c1-7-9-21-23(24(27)30-8-2)19-15-20(16(3)14-22(19)31-21)26-32(28,29)18-12-10-17(11-13-18)25(4,5)6/h10-15,26H,7-9H2,1-6H3. The van der Waals surface area contributed by atoms with Crippen LogP contribution in [0.15, 0.2) is 45.7 Å². The predicted octanol–water partition coefficient (Wildman–Crippen LogP) is 5.97. The van der Waals surface area contributed by atoms with Gasteiger partial charge in [0.15, 0.2) is 0 Å². The summed E-state index contributed by atoms with van der Waals surface area (Å²) in [6, 6.07) is 10.3. The molecule has 0 amide bonds. The van der Waals surface area contributed by atoms with Gasteiger partial charge < -0.3 is 9.15 Å². The fourth-order valence-corrected chi connectivity index (χ4v) is 4.69. The second-order valence-corrected chi connectivity index (χ2v) is 10.6. The van der Waals surface area contributed by atoms with Crippen LogP contribution in [-0.2, 0) is 26.6 Å². The first-order valence-electron chi connectivity index (χ1n) is 10.8. The molecule has 172 valence electrons. The van der Waals surface area contributed by atoms with Crippen molar-refractivity contribution in [2.24, 2.45) is 0 Å². The fraction of sp³-hybridized carbons (Fsp3) is 0.400. The number of fused-ring (bicyclic) bond motifs is 1. The first-order chi connectivity index (χ1) is 15.0. The summed E-state index contributed by atoms with van der Waals surface area (Å²) in [5.74, 6) is 0.0863. The number of carbonyl (C=O) groups excluding carboxylic acids is 1. The van der Waals surface area contributed by atoms with E-state index in [9.17, 15) is 13.2 Å². The van der Waals surface area contributed by atoms with Crippen LogP contribution in [0.4, 0.5) is 5.69 Å². The van der Waals surface area contributed by atoms with Gasteiger partial charge >= 0.3 is 5.97 Å². The Bertz CT molecular complexity index is 1230. The topological polar surface area (TPSA) is 85.6 Å². The number of hydrogen-bond donors (Lipinski definition) is 1. The highest BCUT2D eigenvalue weighted by atomic mass is 32.2. The Morgan fingerprint density at radius 3 is 2.31 bits per heavy atom. The number of rotatable bonds is 7. The van der Waals surface area contributed by atoms with Crippen LogP contribution in [0.1, 0.15) is 68.3 Å². The highest BCUT2D eigenvalue weighted by Crippen LogP contribution is 2.33. The minimum Gasteiger partial charge on any atom is -0.462 e. The number of furan rings is 1. The average Bonchev–Trinajstić information content (AvgIpc) is 3.04. The third-order valence-electron chi connectivity index (χ3n) is 5.34. The molecule has 0 aliphatic carbocycles. The van der Waals surface area contributed by atoms with Crippen LogP contribution in [0, 0.1) is 6.92 Å². The lowest BCUT2D eigenvalue weighted by Crippen LogP contribution is -2.15. The Labute approximate surface area is 190 Å². The molecule has 7 heteroatoms. The molecule has 6 nitrogen and oxygen atoms in total. The summed E-state index contributed by atoms with van der Waals surface area (Å²) < 4.78 is 39.9. The minimum atomic E-state index is -3.81. The van der Waals surface area contributed by atoms with Crippen molar-refractivity contribution >= 4 is 32.6 Å². The Morgan fingerprint density at radius 2 is 1.75 bits per heavy atom. The number of benzene rings is 2. The summed E-state index contributed by atoms with van der Waals surface area (Å²) in [5, 5.41) is 0.540. The zero-order valence-electron chi connectivity index (χ0n) is 19.5. The van der Waals surface area contributed by atoms with E-state index in [1.165, 1.54) is 0 Å². The van der Waals surface area contributed by atoms with Crippen LogP contribution in [0.3, 0.4) is 0 Å². The van der Waals surface area contributed by atoms with Gasteiger partial charge in [-0.15, -0.1) is 0 Å². The third-order valence-corrected chi connectivity index (χ3v) is 6.72. The van der Waals surface area contributed by atoms with Crippen molar-refractivity contribution in [3.05, 3.63) is 58.8 Å². The van der Waals surface area contributed by atoms with E-state index in [1.807, 2.05) is 19.1 Å². The summed E-state index contributed by atoms with van der Waals surface area (Å²) >= 11 is 0. The maximum Gasteiger partial charge on any atom is 0.342 e. The van der Waals surface area contributed by atoms with Gasteiger partial charge in [0.2, 0.25) is 0 Å². The Balaban J connectivity index is 2.04. The van der Waals surface area contributed by atoms with Crippen molar-refractivity contribution in [2.75, 3.05) is 11.3 Å². The Kier molecular flexibility index (Phi) is 6.69. The number of sulfonamides is 1. The normalized spacial score (nSPS) is 12.2. The number of carbonyl (C=O) groups is 1. The first kappa shape index (κ1) is 23.9. The number of hydrogen-bond acceptors (Lipinski definition) is 5. The van der Waals surface area contributed by atoms with E-state index in [4.69, 9.17) is 9.15 Å². The van der Waals surface area contributed by atoms with Crippen LogP contribution >= 0.6 is 0 Å². The van der Waals surface area contributed by atoms with Crippen molar-refractivity contribution in [3.63, 3.8) is 0 Å². The van der Waals surface area contributed by atoms with Gasteiger partial charge in [-0.25, -0.2) is 13.2 Å². The number of esters is 1. The second kappa shape index (κ2) is 8.98. The molecular formula is C25H31NO5S. The highest BCUT2D eigenvalue weighted by molar-refractivity contribution is 7.92. The molecule has 0 saturated carbocycles. The lowest BCUT2D eigenvalue weighted by atomic mass is 9.87. The Hall–Kier alpha value is -2.80.